The predicted octanol–water partition coefficient (Wildman–Crippen LogP) is 2.86. The van der Waals surface area contributed by atoms with Crippen molar-refractivity contribution in [2.75, 3.05) is 32.8 Å². The van der Waals surface area contributed by atoms with Crippen LogP contribution in [0.25, 0.3) is 11.1 Å². The Morgan fingerprint density at radius 2 is 2.09 bits per heavy atom. The first-order chi connectivity index (χ1) is 10.8. The van der Waals surface area contributed by atoms with Gasteiger partial charge in [-0.3, -0.25) is 4.79 Å². The van der Waals surface area contributed by atoms with E-state index in [1.54, 1.807) is 0 Å². The van der Waals surface area contributed by atoms with Crippen LogP contribution in [0.2, 0.25) is 0 Å². The van der Waals surface area contributed by atoms with Crippen molar-refractivity contribution >= 4 is 17.2 Å². The van der Waals surface area contributed by atoms with Crippen molar-refractivity contribution in [2.24, 2.45) is 0 Å². The van der Waals surface area contributed by atoms with Crippen LogP contribution in [0.15, 0.2) is 35.7 Å². The fourth-order valence-electron chi connectivity index (χ4n) is 2.56. The van der Waals surface area contributed by atoms with Crippen LogP contribution < -0.4 is 10.1 Å². The molecule has 1 aromatic carbocycles. The molecule has 0 bridgehead atoms. The summed E-state index contributed by atoms with van der Waals surface area (Å²) >= 11 is 1.51. The lowest BCUT2D eigenvalue weighted by molar-refractivity contribution is 0.0740. The highest BCUT2D eigenvalue weighted by Crippen LogP contribution is 2.29. The third kappa shape index (κ3) is 3.31. The van der Waals surface area contributed by atoms with E-state index in [9.17, 15) is 4.79 Å². The first kappa shape index (κ1) is 15.1. The quantitative estimate of drug-likeness (QED) is 0.943. The average molecular weight is 316 g/mol. The summed E-state index contributed by atoms with van der Waals surface area (Å²) in [6.07, 6.45) is 0. The van der Waals surface area contributed by atoms with Gasteiger partial charge in [-0.2, -0.15) is 0 Å². The Kier molecular flexibility index (Phi) is 4.75. The zero-order chi connectivity index (χ0) is 15.4. The number of nitrogens with one attached hydrogen (secondary N) is 1. The van der Waals surface area contributed by atoms with E-state index in [-0.39, 0.29) is 5.91 Å². The fraction of sp³-hybridized carbons (Fsp3) is 0.353. The summed E-state index contributed by atoms with van der Waals surface area (Å²) in [6.45, 7) is 5.94. The molecule has 0 atom stereocenters. The summed E-state index contributed by atoms with van der Waals surface area (Å²) in [5.41, 5.74) is 2.16. The Balaban J connectivity index is 1.78. The monoisotopic (exact) mass is 316 g/mol. The maximum absolute atomic E-state index is 12.5. The second kappa shape index (κ2) is 6.94. The minimum atomic E-state index is 0.138. The molecule has 0 unspecified atom stereocenters. The van der Waals surface area contributed by atoms with E-state index >= 15 is 0 Å². The van der Waals surface area contributed by atoms with Gasteiger partial charge in [0.1, 0.15) is 5.75 Å². The van der Waals surface area contributed by atoms with E-state index in [0.717, 1.165) is 47.9 Å². The van der Waals surface area contributed by atoms with Crippen LogP contribution in [0.3, 0.4) is 0 Å². The zero-order valence-corrected chi connectivity index (χ0v) is 13.5. The second-order valence-electron chi connectivity index (χ2n) is 5.20. The number of carbonyl (C=O) groups excluding carboxylic acids is 1. The third-order valence-corrected chi connectivity index (χ3v) is 4.61. The molecule has 4 nitrogen and oxygen atoms in total. The molecule has 1 N–H and O–H groups in total. The number of hydrogen-bond acceptors (Lipinski definition) is 4. The average Bonchev–Trinajstić information content (AvgIpc) is 3.06. The summed E-state index contributed by atoms with van der Waals surface area (Å²) < 4.78 is 5.54. The molecule has 116 valence electrons. The lowest BCUT2D eigenvalue weighted by Gasteiger charge is -2.26. The van der Waals surface area contributed by atoms with Gasteiger partial charge in [-0.25, -0.2) is 0 Å². The van der Waals surface area contributed by atoms with Crippen molar-refractivity contribution in [2.45, 2.75) is 6.92 Å². The Morgan fingerprint density at radius 3 is 2.86 bits per heavy atom. The highest BCUT2D eigenvalue weighted by Gasteiger charge is 2.19. The molecule has 5 heteroatoms. The number of carbonyl (C=O) groups is 1. The Bertz CT molecular complexity index is 648. The molecule has 1 fully saturated rings. The molecule has 2 aromatic rings. The SMILES string of the molecule is CCOc1cccc(-c2csc(C(=O)N3CCNCC3)c2)c1. The van der Waals surface area contributed by atoms with Crippen LogP contribution in [0.5, 0.6) is 5.75 Å². The lowest BCUT2D eigenvalue weighted by Crippen LogP contribution is -2.46. The van der Waals surface area contributed by atoms with Gasteiger partial charge in [0.2, 0.25) is 0 Å². The standard InChI is InChI=1S/C17H20N2O2S/c1-2-21-15-5-3-4-13(10-15)14-11-16(22-12-14)17(20)19-8-6-18-7-9-19/h3-5,10-12,18H,2,6-9H2,1H3. The summed E-state index contributed by atoms with van der Waals surface area (Å²) in [7, 11) is 0. The topological polar surface area (TPSA) is 41.6 Å². The van der Waals surface area contributed by atoms with Gasteiger partial charge in [0.15, 0.2) is 0 Å². The Hall–Kier alpha value is -1.85. The minimum absolute atomic E-state index is 0.138. The fourth-order valence-corrected chi connectivity index (χ4v) is 3.44. The molecule has 0 radical (unpaired) electrons. The van der Waals surface area contributed by atoms with Crippen LogP contribution in [0.1, 0.15) is 16.6 Å². The zero-order valence-electron chi connectivity index (χ0n) is 12.7. The highest BCUT2D eigenvalue weighted by molar-refractivity contribution is 7.12. The molecule has 22 heavy (non-hydrogen) atoms. The number of benzene rings is 1. The van der Waals surface area contributed by atoms with Crippen molar-refractivity contribution in [3.63, 3.8) is 0 Å². The molecule has 1 aliphatic heterocycles. The van der Waals surface area contributed by atoms with E-state index in [4.69, 9.17) is 4.74 Å². The summed E-state index contributed by atoms with van der Waals surface area (Å²) in [4.78, 5) is 15.2. The molecule has 3 rings (SSSR count). The van der Waals surface area contributed by atoms with Gasteiger partial charge < -0.3 is 15.0 Å². The molecule has 1 aliphatic rings. The van der Waals surface area contributed by atoms with Crippen molar-refractivity contribution in [1.29, 1.82) is 0 Å². The number of rotatable bonds is 4. The molecule has 1 amide bonds. The molecular weight excluding hydrogens is 296 g/mol. The van der Waals surface area contributed by atoms with E-state index < -0.39 is 0 Å². The van der Waals surface area contributed by atoms with Gasteiger partial charge >= 0.3 is 0 Å². The Labute approximate surface area is 134 Å². The number of amides is 1. The molecule has 2 heterocycles. The molecule has 0 spiro atoms. The third-order valence-electron chi connectivity index (χ3n) is 3.69. The lowest BCUT2D eigenvalue weighted by atomic mass is 10.1. The van der Waals surface area contributed by atoms with Gasteiger partial charge in [0.05, 0.1) is 11.5 Å². The number of thiophene rings is 1. The van der Waals surface area contributed by atoms with Gasteiger partial charge in [-0.05, 0) is 41.6 Å². The summed E-state index contributed by atoms with van der Waals surface area (Å²) in [6, 6.07) is 9.98. The minimum Gasteiger partial charge on any atom is -0.494 e. The molecular formula is C17H20N2O2S. The maximum Gasteiger partial charge on any atom is 0.264 e. The smallest absolute Gasteiger partial charge is 0.264 e. The maximum atomic E-state index is 12.5. The van der Waals surface area contributed by atoms with Crippen molar-refractivity contribution in [3.8, 4) is 16.9 Å². The van der Waals surface area contributed by atoms with Crippen LogP contribution in [0.4, 0.5) is 0 Å². The van der Waals surface area contributed by atoms with Crippen LogP contribution in [0, 0.1) is 0 Å². The van der Waals surface area contributed by atoms with Gasteiger partial charge in [0, 0.05) is 26.2 Å². The van der Waals surface area contributed by atoms with E-state index in [2.05, 4.69) is 5.32 Å². The first-order valence-electron chi connectivity index (χ1n) is 7.59. The largest absolute Gasteiger partial charge is 0.494 e. The second-order valence-corrected chi connectivity index (χ2v) is 6.11. The van der Waals surface area contributed by atoms with E-state index in [1.165, 1.54) is 11.3 Å². The first-order valence-corrected chi connectivity index (χ1v) is 8.47. The van der Waals surface area contributed by atoms with Gasteiger partial charge in [0.25, 0.3) is 5.91 Å². The van der Waals surface area contributed by atoms with Crippen molar-refractivity contribution in [3.05, 3.63) is 40.6 Å². The highest BCUT2D eigenvalue weighted by atomic mass is 32.1. The van der Waals surface area contributed by atoms with Crippen LogP contribution >= 0.6 is 11.3 Å². The van der Waals surface area contributed by atoms with Crippen molar-refractivity contribution < 1.29 is 9.53 Å². The molecule has 0 saturated carbocycles. The van der Waals surface area contributed by atoms with E-state index in [1.807, 2.05) is 47.5 Å². The number of ether oxygens (including phenoxy) is 1. The van der Waals surface area contributed by atoms with Crippen LogP contribution in [-0.2, 0) is 0 Å². The van der Waals surface area contributed by atoms with Crippen molar-refractivity contribution in [1.82, 2.24) is 10.2 Å². The van der Waals surface area contributed by atoms with Crippen LogP contribution in [-0.4, -0.2) is 43.6 Å². The Morgan fingerprint density at radius 1 is 1.27 bits per heavy atom. The summed E-state index contributed by atoms with van der Waals surface area (Å²) in [5, 5.41) is 5.31. The number of piperazine rings is 1. The molecule has 1 saturated heterocycles. The normalized spacial score (nSPS) is 14.9. The van der Waals surface area contributed by atoms with Gasteiger partial charge in [-0.15, -0.1) is 11.3 Å². The number of nitrogens with zero attached hydrogens (tertiary/aromatic N) is 1. The molecule has 0 aliphatic carbocycles. The van der Waals surface area contributed by atoms with E-state index in [0.29, 0.717) is 6.61 Å². The predicted molar refractivity (Wildman–Crippen MR) is 89.7 cm³/mol. The number of hydrogen-bond donors (Lipinski definition) is 1. The summed E-state index contributed by atoms with van der Waals surface area (Å²) in [5.74, 6) is 1.000. The van der Waals surface area contributed by atoms with Gasteiger partial charge in [-0.1, -0.05) is 12.1 Å². The molecule has 1 aromatic heterocycles.